The molecule has 1 amide bonds. The lowest BCUT2D eigenvalue weighted by Gasteiger charge is -2.07. The summed E-state index contributed by atoms with van der Waals surface area (Å²) in [6.45, 7) is 4.63. The first-order chi connectivity index (χ1) is 14.1. The summed E-state index contributed by atoms with van der Waals surface area (Å²) < 4.78 is 1.75. The Morgan fingerprint density at radius 1 is 1.14 bits per heavy atom. The molecule has 0 aliphatic rings. The van der Waals surface area contributed by atoms with Crippen molar-refractivity contribution in [2.75, 3.05) is 17.6 Å². The molecule has 7 nitrogen and oxygen atoms in total. The molecule has 0 aliphatic heterocycles. The summed E-state index contributed by atoms with van der Waals surface area (Å²) >= 11 is 0. The Bertz CT molecular complexity index is 977. The number of nitrogen functional groups attached to an aromatic ring is 1. The van der Waals surface area contributed by atoms with Gasteiger partial charge < -0.3 is 16.4 Å². The molecule has 150 valence electrons. The van der Waals surface area contributed by atoms with E-state index in [4.69, 9.17) is 11.1 Å². The quantitative estimate of drug-likeness (QED) is 0.256. The van der Waals surface area contributed by atoms with Crippen LogP contribution >= 0.6 is 0 Å². The number of hydrogen-bond donors (Lipinski definition) is 4. The smallest absolute Gasteiger partial charge is 0.274 e. The maximum atomic E-state index is 12.3. The molecule has 1 aromatic heterocycles. The molecule has 29 heavy (non-hydrogen) atoms. The zero-order chi connectivity index (χ0) is 20.6. The molecule has 5 N–H and O–H groups in total. The van der Waals surface area contributed by atoms with Gasteiger partial charge >= 0.3 is 0 Å². The summed E-state index contributed by atoms with van der Waals surface area (Å²) in [7, 11) is 0. The second-order valence-electron chi connectivity index (χ2n) is 6.84. The van der Waals surface area contributed by atoms with E-state index in [0.29, 0.717) is 23.5 Å². The normalized spacial score (nSPS) is 10.7. The minimum absolute atomic E-state index is 0.178. The predicted octanol–water partition coefficient (Wildman–Crippen LogP) is 3.02. The highest BCUT2D eigenvalue weighted by Crippen LogP contribution is 2.14. The molecule has 0 unspecified atom stereocenters. The molecule has 3 aromatic rings. The van der Waals surface area contributed by atoms with Crippen LogP contribution in [0.1, 0.15) is 30.0 Å². The number of aromatic nitrogens is 2. The standard InChI is InChI=1S/C22H26N6O/c1-2-11-25-12-16-7-9-17(10-8-16)14-28-15-18(13-26-28)27-22(29)21(24)19-5-3-4-6-20(19)23/h3-10,13,15,24-25H,2,11-12,14,23H2,1H3,(H,27,29). The van der Waals surface area contributed by atoms with Crippen molar-refractivity contribution in [2.45, 2.75) is 26.4 Å². The number of anilines is 2. The molecule has 0 atom stereocenters. The Hall–Kier alpha value is -3.45. The molecule has 0 saturated heterocycles. The number of hydrogen-bond acceptors (Lipinski definition) is 5. The lowest BCUT2D eigenvalue weighted by molar-refractivity contribution is -0.110. The third kappa shape index (κ3) is 5.52. The highest BCUT2D eigenvalue weighted by molar-refractivity contribution is 6.48. The van der Waals surface area contributed by atoms with E-state index < -0.39 is 5.91 Å². The molecular weight excluding hydrogens is 364 g/mol. The zero-order valence-electron chi connectivity index (χ0n) is 16.5. The summed E-state index contributed by atoms with van der Waals surface area (Å²) in [5.74, 6) is -0.522. The van der Waals surface area contributed by atoms with Gasteiger partial charge in [0.25, 0.3) is 5.91 Å². The number of para-hydroxylation sites is 1. The van der Waals surface area contributed by atoms with Gasteiger partial charge in [0.2, 0.25) is 0 Å². The maximum absolute atomic E-state index is 12.3. The highest BCUT2D eigenvalue weighted by Gasteiger charge is 2.15. The van der Waals surface area contributed by atoms with Crippen molar-refractivity contribution < 1.29 is 4.79 Å². The number of amides is 1. The third-order valence-corrected chi connectivity index (χ3v) is 4.47. The van der Waals surface area contributed by atoms with Crippen molar-refractivity contribution >= 4 is 23.0 Å². The minimum Gasteiger partial charge on any atom is -0.398 e. The Balaban J connectivity index is 1.57. The summed E-state index contributed by atoms with van der Waals surface area (Å²) in [6, 6.07) is 15.2. The van der Waals surface area contributed by atoms with Gasteiger partial charge in [-0.3, -0.25) is 14.9 Å². The van der Waals surface area contributed by atoms with Crippen molar-refractivity contribution in [3.05, 3.63) is 77.6 Å². The molecule has 0 bridgehead atoms. The lowest BCUT2D eigenvalue weighted by Crippen LogP contribution is -2.23. The van der Waals surface area contributed by atoms with Gasteiger partial charge in [0.15, 0.2) is 0 Å². The van der Waals surface area contributed by atoms with Gasteiger partial charge in [-0.25, -0.2) is 0 Å². The average molecular weight is 390 g/mol. The van der Waals surface area contributed by atoms with Crippen molar-refractivity contribution in [2.24, 2.45) is 0 Å². The van der Waals surface area contributed by atoms with Crippen LogP contribution in [0.15, 0.2) is 60.9 Å². The van der Waals surface area contributed by atoms with Gasteiger partial charge in [0.1, 0.15) is 5.71 Å². The van der Waals surface area contributed by atoms with E-state index in [2.05, 4.69) is 46.9 Å². The Morgan fingerprint density at radius 2 is 1.86 bits per heavy atom. The van der Waals surface area contributed by atoms with E-state index in [9.17, 15) is 4.79 Å². The van der Waals surface area contributed by atoms with Crippen LogP contribution in [0.2, 0.25) is 0 Å². The van der Waals surface area contributed by atoms with Crippen molar-refractivity contribution in [3.63, 3.8) is 0 Å². The molecule has 0 saturated carbocycles. The van der Waals surface area contributed by atoms with Crippen LogP contribution in [0.5, 0.6) is 0 Å². The fourth-order valence-corrected chi connectivity index (χ4v) is 2.91. The van der Waals surface area contributed by atoms with Gasteiger partial charge in [0, 0.05) is 24.0 Å². The van der Waals surface area contributed by atoms with Gasteiger partial charge in [-0.1, -0.05) is 49.4 Å². The van der Waals surface area contributed by atoms with Crippen LogP contribution < -0.4 is 16.4 Å². The molecule has 2 aromatic carbocycles. The zero-order valence-corrected chi connectivity index (χ0v) is 16.5. The molecule has 0 fully saturated rings. The molecule has 3 rings (SSSR count). The van der Waals surface area contributed by atoms with Crippen LogP contribution in [0.3, 0.4) is 0 Å². The summed E-state index contributed by atoms with van der Waals surface area (Å²) in [5.41, 5.74) is 9.38. The molecule has 0 spiro atoms. The lowest BCUT2D eigenvalue weighted by atomic mass is 10.1. The molecular formula is C22H26N6O. The van der Waals surface area contributed by atoms with Crippen LogP contribution in [-0.2, 0) is 17.9 Å². The Kier molecular flexibility index (Phi) is 6.76. The number of rotatable bonds is 9. The predicted molar refractivity (Wildman–Crippen MR) is 116 cm³/mol. The van der Waals surface area contributed by atoms with Crippen LogP contribution in [-0.4, -0.2) is 27.9 Å². The molecule has 0 radical (unpaired) electrons. The van der Waals surface area contributed by atoms with E-state index in [0.717, 1.165) is 25.1 Å². The first-order valence-corrected chi connectivity index (χ1v) is 9.62. The fraction of sp³-hybridized carbons (Fsp3) is 0.227. The molecule has 0 aliphatic carbocycles. The van der Waals surface area contributed by atoms with E-state index in [1.807, 2.05) is 0 Å². The topological polar surface area (TPSA) is 109 Å². The van der Waals surface area contributed by atoms with Gasteiger partial charge in [0.05, 0.1) is 18.4 Å². The van der Waals surface area contributed by atoms with Crippen LogP contribution in [0.25, 0.3) is 0 Å². The van der Waals surface area contributed by atoms with E-state index in [-0.39, 0.29) is 5.71 Å². The fourth-order valence-electron chi connectivity index (χ4n) is 2.91. The number of nitrogens with one attached hydrogen (secondary N) is 3. The third-order valence-electron chi connectivity index (χ3n) is 4.47. The molecule has 1 heterocycles. The Labute approximate surface area is 170 Å². The summed E-state index contributed by atoms with van der Waals surface area (Å²) in [6.07, 6.45) is 4.44. The summed E-state index contributed by atoms with van der Waals surface area (Å²) in [5, 5.41) is 18.4. The minimum atomic E-state index is -0.522. The van der Waals surface area contributed by atoms with Gasteiger partial charge in [-0.05, 0) is 30.2 Å². The second-order valence-corrected chi connectivity index (χ2v) is 6.84. The summed E-state index contributed by atoms with van der Waals surface area (Å²) in [4.78, 5) is 12.3. The van der Waals surface area contributed by atoms with Crippen molar-refractivity contribution in [1.29, 1.82) is 5.41 Å². The van der Waals surface area contributed by atoms with Gasteiger partial charge in [-0.2, -0.15) is 5.10 Å². The highest BCUT2D eigenvalue weighted by atomic mass is 16.1. The number of carbonyl (C=O) groups excluding carboxylic acids is 1. The monoisotopic (exact) mass is 390 g/mol. The number of nitrogens with two attached hydrogens (primary N) is 1. The number of nitrogens with zero attached hydrogens (tertiary/aromatic N) is 2. The van der Waals surface area contributed by atoms with Gasteiger partial charge in [-0.15, -0.1) is 0 Å². The van der Waals surface area contributed by atoms with E-state index in [1.54, 1.807) is 41.3 Å². The maximum Gasteiger partial charge on any atom is 0.274 e. The van der Waals surface area contributed by atoms with Crippen molar-refractivity contribution in [3.8, 4) is 0 Å². The first kappa shape index (κ1) is 20.3. The molecule has 7 heteroatoms. The number of benzene rings is 2. The largest absolute Gasteiger partial charge is 0.398 e. The average Bonchev–Trinajstić information content (AvgIpc) is 3.16. The van der Waals surface area contributed by atoms with E-state index in [1.165, 1.54) is 5.56 Å². The SMILES string of the molecule is CCCNCc1ccc(Cn2cc(NC(=O)C(=N)c3ccccc3N)cn2)cc1. The number of carbonyl (C=O) groups is 1. The van der Waals surface area contributed by atoms with Crippen LogP contribution in [0, 0.1) is 5.41 Å². The van der Waals surface area contributed by atoms with Crippen molar-refractivity contribution in [1.82, 2.24) is 15.1 Å². The van der Waals surface area contributed by atoms with E-state index >= 15 is 0 Å². The first-order valence-electron chi connectivity index (χ1n) is 9.62. The Morgan fingerprint density at radius 3 is 2.59 bits per heavy atom. The second kappa shape index (κ2) is 9.66. The van der Waals surface area contributed by atoms with Crippen LogP contribution in [0.4, 0.5) is 11.4 Å².